The third-order valence-electron chi connectivity index (χ3n) is 5.81. The minimum atomic E-state index is -1.66. The third-order valence-corrected chi connectivity index (χ3v) is 7.41. The minimum absolute atomic E-state index is 0.0530. The zero-order chi connectivity index (χ0) is 22.9. The predicted molar refractivity (Wildman–Crippen MR) is 127 cm³/mol. The summed E-state index contributed by atoms with van der Waals surface area (Å²) in [5.41, 5.74) is 2.19. The van der Waals surface area contributed by atoms with E-state index in [4.69, 9.17) is 16.3 Å². The number of anilines is 2. The summed E-state index contributed by atoms with van der Waals surface area (Å²) in [4.78, 5) is 17.5. The van der Waals surface area contributed by atoms with Gasteiger partial charge in [0.25, 0.3) is 5.91 Å². The van der Waals surface area contributed by atoms with Gasteiger partial charge < -0.3 is 19.3 Å². The monoisotopic (exact) mass is 485 g/mol. The van der Waals surface area contributed by atoms with Crippen molar-refractivity contribution in [2.45, 2.75) is 10.9 Å². The lowest BCUT2D eigenvalue weighted by atomic mass is 10.1. The van der Waals surface area contributed by atoms with Gasteiger partial charge in [-0.25, -0.2) is 8.60 Å². The van der Waals surface area contributed by atoms with Gasteiger partial charge in [-0.15, -0.1) is 0 Å². The molecule has 9 heteroatoms. The zero-order valence-corrected chi connectivity index (χ0v) is 19.1. The zero-order valence-electron chi connectivity index (χ0n) is 17.5. The Kier molecular flexibility index (Phi) is 5.95. The summed E-state index contributed by atoms with van der Waals surface area (Å²) in [7, 11) is -1.66. The molecule has 2 aliphatic rings. The van der Waals surface area contributed by atoms with Crippen molar-refractivity contribution in [2.24, 2.45) is 0 Å². The SMILES string of the molecule is O=C(c1ccc(NS(=O)c2ccc(F)cc2Cl)cc1)N1CCN2c3ccccc3OCC2C1. The van der Waals surface area contributed by atoms with E-state index in [1.54, 1.807) is 24.3 Å². The Bertz CT molecular complexity index is 1220. The molecule has 0 saturated carbocycles. The van der Waals surface area contributed by atoms with Gasteiger partial charge in [0.2, 0.25) is 0 Å². The van der Waals surface area contributed by atoms with E-state index in [9.17, 15) is 13.4 Å². The smallest absolute Gasteiger partial charge is 0.253 e. The average Bonchev–Trinajstić information content (AvgIpc) is 2.83. The van der Waals surface area contributed by atoms with Crippen molar-refractivity contribution in [1.82, 2.24) is 4.90 Å². The van der Waals surface area contributed by atoms with E-state index >= 15 is 0 Å². The average molecular weight is 486 g/mol. The molecule has 0 radical (unpaired) electrons. The van der Waals surface area contributed by atoms with Gasteiger partial charge in [0, 0.05) is 30.9 Å². The summed E-state index contributed by atoms with van der Waals surface area (Å²) in [6, 6.07) is 18.6. The standard InChI is InChI=1S/C24H21ClFN3O3S/c25-20-13-17(26)7-10-23(20)33(31)27-18-8-5-16(6-9-18)24(30)28-11-12-29-19(14-28)15-32-22-4-2-1-3-21(22)29/h1-10,13,19,27H,11-12,14-15H2. The Balaban J connectivity index is 1.24. The van der Waals surface area contributed by atoms with Crippen LogP contribution in [0.4, 0.5) is 15.8 Å². The molecule has 6 nitrogen and oxygen atoms in total. The summed E-state index contributed by atoms with van der Waals surface area (Å²) in [5.74, 6) is 0.340. The number of hydrogen-bond acceptors (Lipinski definition) is 4. The van der Waals surface area contributed by atoms with Crippen molar-refractivity contribution >= 4 is 39.9 Å². The van der Waals surface area contributed by atoms with Crippen molar-refractivity contribution in [1.29, 1.82) is 0 Å². The fourth-order valence-electron chi connectivity index (χ4n) is 4.15. The van der Waals surface area contributed by atoms with Crippen LogP contribution in [0.1, 0.15) is 10.4 Å². The second kappa shape index (κ2) is 9.03. The molecule has 2 heterocycles. The second-order valence-electron chi connectivity index (χ2n) is 7.90. The molecule has 33 heavy (non-hydrogen) atoms. The molecule has 1 fully saturated rings. The first-order chi connectivity index (χ1) is 16.0. The second-order valence-corrected chi connectivity index (χ2v) is 9.49. The molecular formula is C24H21ClFN3O3S. The van der Waals surface area contributed by atoms with Crippen molar-refractivity contribution in [2.75, 3.05) is 35.9 Å². The summed E-state index contributed by atoms with van der Waals surface area (Å²) >= 11 is 5.98. The number of ether oxygens (including phenoxy) is 1. The molecule has 1 saturated heterocycles. The molecule has 3 aromatic carbocycles. The Morgan fingerprint density at radius 1 is 1.09 bits per heavy atom. The molecule has 1 N–H and O–H groups in total. The summed E-state index contributed by atoms with van der Waals surface area (Å²) in [6.45, 7) is 2.49. The van der Waals surface area contributed by atoms with Crippen molar-refractivity contribution < 1.29 is 18.1 Å². The number of halogens is 2. The third kappa shape index (κ3) is 4.41. The van der Waals surface area contributed by atoms with Crippen LogP contribution < -0.4 is 14.4 Å². The fraction of sp³-hybridized carbons (Fsp3) is 0.208. The van der Waals surface area contributed by atoms with E-state index in [2.05, 4.69) is 9.62 Å². The first-order valence-electron chi connectivity index (χ1n) is 10.5. The number of para-hydroxylation sites is 2. The van der Waals surface area contributed by atoms with Crippen LogP contribution in [0.2, 0.25) is 5.02 Å². The molecule has 0 spiro atoms. The van der Waals surface area contributed by atoms with Crippen LogP contribution >= 0.6 is 11.6 Å². The molecule has 170 valence electrons. The maximum absolute atomic E-state index is 13.2. The van der Waals surface area contributed by atoms with Crippen LogP contribution in [-0.4, -0.2) is 47.3 Å². The highest BCUT2D eigenvalue weighted by molar-refractivity contribution is 7.86. The Labute approximate surface area is 198 Å². The van der Waals surface area contributed by atoms with Crippen LogP contribution in [0, 0.1) is 5.82 Å². The number of nitrogens with one attached hydrogen (secondary N) is 1. The molecule has 2 atom stereocenters. The van der Waals surface area contributed by atoms with Gasteiger partial charge in [0.15, 0.2) is 11.0 Å². The summed E-state index contributed by atoms with van der Waals surface area (Å²) < 4.78 is 34.5. The van der Waals surface area contributed by atoms with Gasteiger partial charge in [0.05, 0.1) is 21.6 Å². The summed E-state index contributed by atoms with van der Waals surface area (Å²) in [6.07, 6.45) is 0. The van der Waals surface area contributed by atoms with Gasteiger partial charge >= 0.3 is 0 Å². The first kappa shape index (κ1) is 21.7. The van der Waals surface area contributed by atoms with Gasteiger partial charge in [-0.05, 0) is 54.6 Å². The van der Waals surface area contributed by atoms with Crippen LogP contribution in [0.3, 0.4) is 0 Å². The maximum Gasteiger partial charge on any atom is 0.253 e. The van der Waals surface area contributed by atoms with Crippen LogP contribution in [-0.2, 0) is 11.0 Å². The number of piperazine rings is 1. The van der Waals surface area contributed by atoms with E-state index in [0.29, 0.717) is 30.9 Å². The Hall–Kier alpha value is -3.10. The lowest BCUT2D eigenvalue weighted by Crippen LogP contribution is -2.58. The Morgan fingerprint density at radius 2 is 1.88 bits per heavy atom. The highest BCUT2D eigenvalue weighted by Crippen LogP contribution is 2.35. The molecular weight excluding hydrogens is 465 g/mol. The van der Waals surface area contributed by atoms with Crippen LogP contribution in [0.15, 0.2) is 71.6 Å². The lowest BCUT2D eigenvalue weighted by molar-refractivity contribution is 0.0696. The van der Waals surface area contributed by atoms with Gasteiger partial charge in [-0.2, -0.15) is 0 Å². The van der Waals surface area contributed by atoms with Gasteiger partial charge in [-0.1, -0.05) is 23.7 Å². The van der Waals surface area contributed by atoms with Crippen molar-refractivity contribution in [3.05, 3.63) is 83.1 Å². The minimum Gasteiger partial charge on any atom is -0.489 e. The number of carbonyl (C=O) groups excluding carboxylic acids is 1. The molecule has 2 aliphatic heterocycles. The van der Waals surface area contributed by atoms with E-state index < -0.39 is 16.8 Å². The normalized spacial score (nSPS) is 18.1. The topological polar surface area (TPSA) is 61.9 Å². The number of carbonyl (C=O) groups is 1. The molecule has 5 rings (SSSR count). The number of amides is 1. The number of hydrogen-bond donors (Lipinski definition) is 1. The van der Waals surface area contributed by atoms with Crippen molar-refractivity contribution in [3.8, 4) is 5.75 Å². The first-order valence-corrected chi connectivity index (χ1v) is 12.0. The van der Waals surface area contributed by atoms with E-state index in [1.807, 2.05) is 29.2 Å². The molecule has 2 unspecified atom stereocenters. The van der Waals surface area contributed by atoms with E-state index in [1.165, 1.54) is 12.1 Å². The van der Waals surface area contributed by atoms with Crippen LogP contribution in [0.5, 0.6) is 5.75 Å². The van der Waals surface area contributed by atoms with E-state index in [-0.39, 0.29) is 21.9 Å². The quantitative estimate of drug-likeness (QED) is 0.597. The summed E-state index contributed by atoms with van der Waals surface area (Å²) in [5, 5.41) is 0.0843. The predicted octanol–water partition coefficient (Wildman–Crippen LogP) is 4.34. The Morgan fingerprint density at radius 3 is 2.67 bits per heavy atom. The lowest BCUT2D eigenvalue weighted by Gasteiger charge is -2.45. The van der Waals surface area contributed by atoms with Gasteiger partial charge in [0.1, 0.15) is 18.2 Å². The molecule has 0 bridgehead atoms. The number of fused-ring (bicyclic) bond motifs is 3. The highest BCUT2D eigenvalue weighted by Gasteiger charge is 2.34. The highest BCUT2D eigenvalue weighted by atomic mass is 35.5. The fourth-order valence-corrected chi connectivity index (χ4v) is 5.42. The molecule has 1 amide bonds. The number of benzene rings is 3. The molecule has 3 aromatic rings. The van der Waals surface area contributed by atoms with Crippen molar-refractivity contribution in [3.63, 3.8) is 0 Å². The largest absolute Gasteiger partial charge is 0.489 e. The maximum atomic E-state index is 13.2. The van der Waals surface area contributed by atoms with Crippen LogP contribution in [0.25, 0.3) is 0 Å². The molecule has 0 aromatic heterocycles. The number of nitrogens with zero attached hydrogens (tertiary/aromatic N) is 2. The van der Waals surface area contributed by atoms with Gasteiger partial charge in [-0.3, -0.25) is 4.79 Å². The number of rotatable bonds is 4. The van der Waals surface area contributed by atoms with E-state index in [0.717, 1.165) is 24.0 Å². The molecule has 0 aliphatic carbocycles.